The van der Waals surface area contributed by atoms with Crippen molar-refractivity contribution in [3.05, 3.63) is 24.3 Å². The molecule has 1 heterocycles. The van der Waals surface area contributed by atoms with Gasteiger partial charge in [-0.15, -0.1) is 0 Å². The SMILES string of the molecule is CCCS(=O)(=O)c1ccc(N2CC(CBr)OCC2C)cc1. The van der Waals surface area contributed by atoms with Gasteiger partial charge in [0.2, 0.25) is 0 Å². The highest BCUT2D eigenvalue weighted by molar-refractivity contribution is 9.09. The molecule has 1 fully saturated rings. The summed E-state index contributed by atoms with van der Waals surface area (Å²) in [5.41, 5.74) is 1.05. The molecule has 1 aromatic carbocycles. The van der Waals surface area contributed by atoms with E-state index in [0.29, 0.717) is 24.0 Å². The zero-order valence-electron chi connectivity index (χ0n) is 12.5. The molecule has 21 heavy (non-hydrogen) atoms. The Morgan fingerprint density at radius 2 is 2.00 bits per heavy atom. The van der Waals surface area contributed by atoms with Crippen LogP contribution in [0, 0.1) is 0 Å². The number of morpholine rings is 1. The first-order valence-corrected chi connectivity index (χ1v) is 10.0. The molecular formula is C15H22BrNO3S. The second kappa shape index (κ2) is 7.11. The van der Waals surface area contributed by atoms with Gasteiger partial charge in [-0.3, -0.25) is 0 Å². The van der Waals surface area contributed by atoms with Crippen molar-refractivity contribution < 1.29 is 13.2 Å². The number of hydrogen-bond acceptors (Lipinski definition) is 4. The van der Waals surface area contributed by atoms with Gasteiger partial charge in [0.25, 0.3) is 0 Å². The van der Waals surface area contributed by atoms with Gasteiger partial charge in [0, 0.05) is 23.6 Å². The van der Waals surface area contributed by atoms with Crippen LogP contribution in [0.2, 0.25) is 0 Å². The maximum Gasteiger partial charge on any atom is 0.178 e. The fourth-order valence-electron chi connectivity index (χ4n) is 2.50. The number of nitrogens with zero attached hydrogens (tertiary/aromatic N) is 1. The average Bonchev–Trinajstić information content (AvgIpc) is 2.48. The number of anilines is 1. The molecule has 0 bridgehead atoms. The molecule has 0 aliphatic carbocycles. The molecule has 1 aliphatic heterocycles. The Labute approximate surface area is 135 Å². The number of alkyl halides is 1. The quantitative estimate of drug-likeness (QED) is 0.742. The summed E-state index contributed by atoms with van der Waals surface area (Å²) in [5, 5.41) is 0.805. The van der Waals surface area contributed by atoms with Crippen LogP contribution in [0.4, 0.5) is 5.69 Å². The molecular weight excluding hydrogens is 354 g/mol. The molecule has 6 heteroatoms. The Morgan fingerprint density at radius 1 is 1.33 bits per heavy atom. The van der Waals surface area contributed by atoms with Crippen LogP contribution in [0.15, 0.2) is 29.2 Å². The Hall–Kier alpha value is -0.590. The van der Waals surface area contributed by atoms with E-state index in [1.54, 1.807) is 12.1 Å². The lowest BCUT2D eigenvalue weighted by atomic mass is 10.1. The van der Waals surface area contributed by atoms with E-state index in [1.165, 1.54) is 0 Å². The van der Waals surface area contributed by atoms with Gasteiger partial charge < -0.3 is 9.64 Å². The molecule has 2 rings (SSSR count). The van der Waals surface area contributed by atoms with E-state index in [4.69, 9.17) is 4.74 Å². The summed E-state index contributed by atoms with van der Waals surface area (Å²) < 4.78 is 29.8. The smallest absolute Gasteiger partial charge is 0.178 e. The minimum absolute atomic E-state index is 0.171. The fraction of sp³-hybridized carbons (Fsp3) is 0.600. The third-order valence-electron chi connectivity index (χ3n) is 3.68. The van der Waals surface area contributed by atoms with Crippen LogP contribution in [-0.2, 0) is 14.6 Å². The van der Waals surface area contributed by atoms with Crippen molar-refractivity contribution in [2.75, 3.05) is 29.1 Å². The summed E-state index contributed by atoms with van der Waals surface area (Å²) in [6.07, 6.45) is 0.807. The molecule has 1 saturated heterocycles. The molecule has 0 saturated carbocycles. The molecule has 2 unspecified atom stereocenters. The van der Waals surface area contributed by atoms with E-state index in [2.05, 4.69) is 27.8 Å². The topological polar surface area (TPSA) is 46.6 Å². The Balaban J connectivity index is 2.18. The Bertz CT molecular complexity index is 559. The van der Waals surface area contributed by atoms with Crippen molar-refractivity contribution >= 4 is 31.5 Å². The third-order valence-corrected chi connectivity index (χ3v) is 6.34. The first-order valence-electron chi connectivity index (χ1n) is 7.25. The van der Waals surface area contributed by atoms with Gasteiger partial charge in [-0.25, -0.2) is 8.42 Å². The summed E-state index contributed by atoms with van der Waals surface area (Å²) in [4.78, 5) is 2.68. The van der Waals surface area contributed by atoms with Crippen LogP contribution in [0.5, 0.6) is 0 Å². The van der Waals surface area contributed by atoms with E-state index in [1.807, 2.05) is 19.1 Å². The van der Waals surface area contributed by atoms with Crippen molar-refractivity contribution in [3.63, 3.8) is 0 Å². The zero-order chi connectivity index (χ0) is 15.5. The molecule has 2 atom stereocenters. The number of hydrogen-bond donors (Lipinski definition) is 0. The molecule has 0 spiro atoms. The number of sulfone groups is 1. The molecule has 1 aliphatic rings. The van der Waals surface area contributed by atoms with Gasteiger partial charge in [0.05, 0.1) is 23.4 Å². The highest BCUT2D eigenvalue weighted by Gasteiger charge is 2.25. The maximum atomic E-state index is 12.0. The van der Waals surface area contributed by atoms with Gasteiger partial charge in [0.15, 0.2) is 9.84 Å². The van der Waals surface area contributed by atoms with Crippen LogP contribution in [0.3, 0.4) is 0 Å². The summed E-state index contributed by atoms with van der Waals surface area (Å²) >= 11 is 3.45. The monoisotopic (exact) mass is 375 g/mol. The maximum absolute atomic E-state index is 12.0. The summed E-state index contributed by atoms with van der Waals surface area (Å²) in [5.74, 6) is 0.200. The second-order valence-corrected chi connectivity index (χ2v) is 8.18. The third kappa shape index (κ3) is 3.99. The van der Waals surface area contributed by atoms with Crippen molar-refractivity contribution in [2.24, 2.45) is 0 Å². The summed E-state index contributed by atoms with van der Waals surface area (Å²) in [7, 11) is -3.14. The van der Waals surface area contributed by atoms with E-state index in [9.17, 15) is 8.42 Å². The van der Waals surface area contributed by atoms with Crippen molar-refractivity contribution in [2.45, 2.75) is 37.3 Å². The van der Waals surface area contributed by atoms with Crippen LogP contribution in [0.25, 0.3) is 0 Å². The molecule has 0 N–H and O–H groups in total. The van der Waals surface area contributed by atoms with Gasteiger partial charge in [-0.2, -0.15) is 0 Å². The summed E-state index contributed by atoms with van der Waals surface area (Å²) in [6, 6.07) is 7.51. The lowest BCUT2D eigenvalue weighted by Crippen LogP contribution is -2.49. The lowest BCUT2D eigenvalue weighted by Gasteiger charge is -2.39. The predicted octanol–water partition coefficient (Wildman–Crippen LogP) is 2.86. The minimum atomic E-state index is -3.14. The average molecular weight is 376 g/mol. The molecule has 118 valence electrons. The Morgan fingerprint density at radius 3 is 2.57 bits per heavy atom. The fourth-order valence-corrected chi connectivity index (χ4v) is 4.22. The highest BCUT2D eigenvalue weighted by Crippen LogP contribution is 2.24. The molecule has 0 amide bonds. The van der Waals surface area contributed by atoms with Crippen molar-refractivity contribution in [1.82, 2.24) is 0 Å². The number of benzene rings is 1. The number of halogens is 1. The minimum Gasteiger partial charge on any atom is -0.373 e. The molecule has 1 aromatic rings. The Kier molecular flexibility index (Phi) is 5.68. The van der Waals surface area contributed by atoms with Gasteiger partial charge in [-0.1, -0.05) is 22.9 Å². The van der Waals surface area contributed by atoms with E-state index in [-0.39, 0.29) is 11.9 Å². The molecule has 0 aromatic heterocycles. The van der Waals surface area contributed by atoms with E-state index >= 15 is 0 Å². The first-order chi connectivity index (χ1) is 9.97. The number of ether oxygens (including phenoxy) is 1. The lowest BCUT2D eigenvalue weighted by molar-refractivity contribution is 0.0380. The molecule has 4 nitrogen and oxygen atoms in total. The van der Waals surface area contributed by atoms with Crippen molar-refractivity contribution in [1.29, 1.82) is 0 Å². The van der Waals surface area contributed by atoms with E-state index < -0.39 is 9.84 Å². The number of rotatable bonds is 5. The van der Waals surface area contributed by atoms with Crippen LogP contribution in [0.1, 0.15) is 20.3 Å². The standard InChI is InChI=1S/C15H22BrNO3S/c1-3-8-21(18,19)15-6-4-13(5-7-15)17-10-14(9-16)20-11-12(17)2/h4-7,12,14H,3,8-11H2,1-2H3. The summed E-state index contributed by atoms with van der Waals surface area (Å²) in [6.45, 7) is 5.49. The highest BCUT2D eigenvalue weighted by atomic mass is 79.9. The van der Waals surface area contributed by atoms with Crippen LogP contribution >= 0.6 is 15.9 Å². The first kappa shape index (κ1) is 16.8. The van der Waals surface area contributed by atoms with Gasteiger partial charge in [0.1, 0.15) is 0 Å². The second-order valence-electron chi connectivity index (χ2n) is 5.42. The normalized spacial score (nSPS) is 23.3. The largest absolute Gasteiger partial charge is 0.373 e. The van der Waals surface area contributed by atoms with E-state index in [0.717, 1.165) is 17.6 Å². The van der Waals surface area contributed by atoms with Crippen LogP contribution in [-0.4, -0.2) is 44.8 Å². The van der Waals surface area contributed by atoms with Crippen LogP contribution < -0.4 is 4.90 Å². The van der Waals surface area contributed by atoms with Crippen molar-refractivity contribution in [3.8, 4) is 0 Å². The van der Waals surface area contributed by atoms with Gasteiger partial charge >= 0.3 is 0 Å². The predicted molar refractivity (Wildman–Crippen MR) is 89.1 cm³/mol. The zero-order valence-corrected chi connectivity index (χ0v) is 14.9. The molecule has 0 radical (unpaired) electrons. The van der Waals surface area contributed by atoms with Gasteiger partial charge in [-0.05, 0) is 37.6 Å².